The SMILES string of the molecule is Cc1ccccc1-c1ccc([C@@H]2[C@@H](CO)N3CCCCN(S(=O)(=O)c4ccccc4C)C[C@@H]23)cc1. The Morgan fingerprint density at radius 1 is 0.857 bits per heavy atom. The molecule has 0 bridgehead atoms. The van der Waals surface area contributed by atoms with Gasteiger partial charge in [0.1, 0.15) is 0 Å². The zero-order chi connectivity index (χ0) is 24.6. The highest BCUT2D eigenvalue weighted by atomic mass is 32.2. The van der Waals surface area contributed by atoms with Crippen LogP contribution in [0.1, 0.15) is 35.4 Å². The van der Waals surface area contributed by atoms with Crippen molar-refractivity contribution in [2.24, 2.45) is 0 Å². The smallest absolute Gasteiger partial charge is 0.243 e. The van der Waals surface area contributed by atoms with Crippen LogP contribution in [0.15, 0.2) is 77.7 Å². The third-order valence-corrected chi connectivity index (χ3v) is 9.82. The molecule has 2 fully saturated rings. The van der Waals surface area contributed by atoms with Crippen molar-refractivity contribution in [1.29, 1.82) is 0 Å². The lowest BCUT2D eigenvalue weighted by Gasteiger charge is -2.57. The molecule has 184 valence electrons. The van der Waals surface area contributed by atoms with Crippen molar-refractivity contribution in [3.63, 3.8) is 0 Å². The molecule has 2 heterocycles. The van der Waals surface area contributed by atoms with Crippen LogP contribution < -0.4 is 0 Å². The van der Waals surface area contributed by atoms with Gasteiger partial charge in [-0.1, -0.05) is 66.7 Å². The third kappa shape index (κ3) is 4.45. The highest BCUT2D eigenvalue weighted by molar-refractivity contribution is 7.89. The molecule has 35 heavy (non-hydrogen) atoms. The Balaban J connectivity index is 1.44. The van der Waals surface area contributed by atoms with Gasteiger partial charge in [-0.3, -0.25) is 4.90 Å². The van der Waals surface area contributed by atoms with Crippen molar-refractivity contribution in [3.8, 4) is 11.1 Å². The summed E-state index contributed by atoms with van der Waals surface area (Å²) in [7, 11) is -3.59. The number of nitrogens with zero attached hydrogens (tertiary/aromatic N) is 2. The molecule has 3 aromatic carbocycles. The Kier molecular flexibility index (Phi) is 6.82. The first kappa shape index (κ1) is 24.2. The molecule has 1 N–H and O–H groups in total. The molecule has 0 spiro atoms. The fourth-order valence-corrected chi connectivity index (χ4v) is 7.62. The van der Waals surface area contributed by atoms with Crippen LogP contribution in [0.2, 0.25) is 0 Å². The zero-order valence-electron chi connectivity index (χ0n) is 20.5. The summed E-state index contributed by atoms with van der Waals surface area (Å²) in [5.41, 5.74) is 5.56. The molecular weight excluding hydrogens is 456 g/mol. The molecule has 5 rings (SSSR count). The minimum atomic E-state index is -3.59. The van der Waals surface area contributed by atoms with Crippen LogP contribution in [-0.4, -0.2) is 61.1 Å². The Bertz CT molecular complexity index is 1290. The molecule has 5 nitrogen and oxygen atoms in total. The van der Waals surface area contributed by atoms with Gasteiger partial charge in [0.15, 0.2) is 0 Å². The van der Waals surface area contributed by atoms with Gasteiger partial charge in [0, 0.05) is 31.1 Å². The summed E-state index contributed by atoms with van der Waals surface area (Å²) in [4.78, 5) is 2.71. The van der Waals surface area contributed by atoms with Gasteiger partial charge >= 0.3 is 0 Å². The topological polar surface area (TPSA) is 60.9 Å². The molecule has 3 aromatic rings. The van der Waals surface area contributed by atoms with E-state index >= 15 is 0 Å². The van der Waals surface area contributed by atoms with E-state index in [0.29, 0.717) is 18.0 Å². The van der Waals surface area contributed by atoms with E-state index in [0.717, 1.165) is 30.5 Å². The average Bonchev–Trinajstić information content (AvgIpc) is 2.84. The standard InChI is InChI=1S/C29H34N2O3S/c1-21-9-3-5-11-25(21)23-13-15-24(16-14-23)29-26-19-30(17-7-8-18-31(26)27(29)20-32)35(33,34)28-12-6-4-10-22(28)2/h3-6,9-16,26-27,29,32H,7-8,17-20H2,1-2H3/t26-,27+,29-/m0/s1. The van der Waals surface area contributed by atoms with Crippen molar-refractivity contribution < 1.29 is 13.5 Å². The maximum atomic E-state index is 13.6. The molecule has 0 unspecified atom stereocenters. The van der Waals surface area contributed by atoms with E-state index < -0.39 is 10.0 Å². The van der Waals surface area contributed by atoms with E-state index in [1.165, 1.54) is 16.7 Å². The van der Waals surface area contributed by atoms with Crippen LogP contribution in [-0.2, 0) is 10.0 Å². The van der Waals surface area contributed by atoms with Crippen LogP contribution >= 0.6 is 0 Å². The number of aliphatic hydroxyl groups excluding tert-OH is 1. The lowest BCUT2D eigenvalue weighted by atomic mass is 9.74. The van der Waals surface area contributed by atoms with Crippen molar-refractivity contribution in [2.45, 2.75) is 49.6 Å². The fraction of sp³-hybridized carbons (Fsp3) is 0.379. The Hall–Kier alpha value is -2.51. The first-order chi connectivity index (χ1) is 16.9. The highest BCUT2D eigenvalue weighted by Gasteiger charge is 2.50. The maximum absolute atomic E-state index is 13.6. The number of fused-ring (bicyclic) bond motifs is 1. The van der Waals surface area contributed by atoms with Crippen molar-refractivity contribution in [3.05, 3.63) is 89.5 Å². The van der Waals surface area contributed by atoms with Gasteiger partial charge in [0.2, 0.25) is 10.0 Å². The van der Waals surface area contributed by atoms with Crippen LogP contribution in [0.3, 0.4) is 0 Å². The molecule has 0 aliphatic carbocycles. The van der Waals surface area contributed by atoms with Gasteiger partial charge in [-0.25, -0.2) is 8.42 Å². The van der Waals surface area contributed by atoms with Gasteiger partial charge < -0.3 is 5.11 Å². The summed E-state index contributed by atoms with van der Waals surface area (Å²) in [5, 5.41) is 10.3. The second-order valence-corrected chi connectivity index (χ2v) is 11.8. The number of rotatable bonds is 5. The van der Waals surface area contributed by atoms with Gasteiger partial charge in [0.05, 0.1) is 11.5 Å². The predicted molar refractivity (Wildman–Crippen MR) is 140 cm³/mol. The van der Waals surface area contributed by atoms with Gasteiger partial charge in [-0.05, 0) is 67.1 Å². The number of hydrogen-bond donors (Lipinski definition) is 1. The molecule has 0 radical (unpaired) electrons. The van der Waals surface area contributed by atoms with Crippen molar-refractivity contribution in [1.82, 2.24) is 9.21 Å². The zero-order valence-corrected chi connectivity index (χ0v) is 21.3. The normalized spacial score (nSPS) is 23.7. The first-order valence-corrected chi connectivity index (χ1v) is 13.9. The summed E-state index contributed by atoms with van der Waals surface area (Å²) in [6.07, 6.45) is 1.74. The molecule has 0 saturated carbocycles. The molecule has 2 saturated heterocycles. The third-order valence-electron chi connectivity index (χ3n) is 7.80. The number of aliphatic hydroxyl groups is 1. The van der Waals surface area contributed by atoms with E-state index in [9.17, 15) is 13.5 Å². The summed E-state index contributed by atoms with van der Waals surface area (Å²) in [6.45, 7) is 5.92. The van der Waals surface area contributed by atoms with E-state index in [1.54, 1.807) is 16.4 Å². The lowest BCUT2D eigenvalue weighted by Crippen LogP contribution is -2.67. The number of sulfonamides is 1. The summed E-state index contributed by atoms with van der Waals surface area (Å²) in [6, 6.07) is 24.3. The van der Waals surface area contributed by atoms with Crippen molar-refractivity contribution in [2.75, 3.05) is 26.2 Å². The van der Waals surface area contributed by atoms with Gasteiger partial charge in [-0.2, -0.15) is 4.31 Å². The molecule has 3 atom stereocenters. The largest absolute Gasteiger partial charge is 0.395 e. The maximum Gasteiger partial charge on any atom is 0.243 e. The predicted octanol–water partition coefficient (Wildman–Crippen LogP) is 4.58. The average molecular weight is 491 g/mol. The second-order valence-electron chi connectivity index (χ2n) is 9.85. The second kappa shape index (κ2) is 9.86. The number of benzene rings is 3. The summed E-state index contributed by atoms with van der Waals surface area (Å²) >= 11 is 0. The Morgan fingerprint density at radius 2 is 1.51 bits per heavy atom. The monoisotopic (exact) mass is 490 g/mol. The first-order valence-electron chi connectivity index (χ1n) is 12.5. The van der Waals surface area contributed by atoms with Gasteiger partial charge in [0.25, 0.3) is 0 Å². The summed E-state index contributed by atoms with van der Waals surface area (Å²) < 4.78 is 28.9. The van der Waals surface area contributed by atoms with Crippen molar-refractivity contribution >= 4 is 10.0 Å². The van der Waals surface area contributed by atoms with Gasteiger partial charge in [-0.15, -0.1) is 0 Å². The minimum Gasteiger partial charge on any atom is -0.395 e. The van der Waals surface area contributed by atoms with E-state index in [2.05, 4.69) is 54.3 Å². The molecule has 0 aromatic heterocycles. The quantitative estimate of drug-likeness (QED) is 0.569. The molecule has 0 amide bonds. The van der Waals surface area contributed by atoms with Crippen LogP contribution in [0.5, 0.6) is 0 Å². The number of hydrogen-bond acceptors (Lipinski definition) is 4. The van der Waals surface area contributed by atoms with E-state index in [4.69, 9.17) is 0 Å². The molecule has 2 aliphatic heterocycles. The molecule has 2 aliphatic rings. The molecule has 6 heteroatoms. The van der Waals surface area contributed by atoms with E-state index in [-0.39, 0.29) is 24.6 Å². The van der Waals surface area contributed by atoms with Crippen LogP contribution in [0, 0.1) is 13.8 Å². The Labute approximate surface area is 209 Å². The number of aryl methyl sites for hydroxylation is 2. The lowest BCUT2D eigenvalue weighted by molar-refractivity contribution is -0.0553. The van der Waals surface area contributed by atoms with E-state index in [1.807, 2.05) is 25.1 Å². The Morgan fingerprint density at radius 3 is 2.20 bits per heavy atom. The highest BCUT2D eigenvalue weighted by Crippen LogP contribution is 2.43. The van der Waals surface area contributed by atoms with Crippen LogP contribution in [0.4, 0.5) is 0 Å². The van der Waals surface area contributed by atoms with Crippen LogP contribution in [0.25, 0.3) is 11.1 Å². The molecular formula is C29H34N2O3S. The fourth-order valence-electron chi connectivity index (χ4n) is 5.89. The summed E-state index contributed by atoms with van der Waals surface area (Å²) in [5.74, 6) is 0.0959. The minimum absolute atomic E-state index is 0.0189.